The predicted octanol–water partition coefficient (Wildman–Crippen LogP) is 3.08. The minimum absolute atomic E-state index is 0.175. The number of hydrogen-bond donors (Lipinski definition) is 2. The van der Waals surface area contributed by atoms with Crippen molar-refractivity contribution in [2.45, 2.75) is 6.92 Å². The third-order valence-corrected chi connectivity index (χ3v) is 3.73. The van der Waals surface area contributed by atoms with Crippen LogP contribution >= 0.6 is 0 Å². The molecule has 2 N–H and O–H groups in total. The number of amides is 2. The lowest BCUT2D eigenvalue weighted by Crippen LogP contribution is -2.16. The van der Waals surface area contributed by atoms with Gasteiger partial charge in [-0.1, -0.05) is 6.07 Å². The number of benzene rings is 2. The molecule has 0 saturated heterocycles. The first-order chi connectivity index (χ1) is 13.0. The molecule has 1 heterocycles. The Morgan fingerprint density at radius 2 is 1.81 bits per heavy atom. The van der Waals surface area contributed by atoms with Gasteiger partial charge in [0.05, 0.1) is 7.11 Å². The molecule has 0 unspecified atom stereocenters. The Bertz CT molecular complexity index is 875. The average molecular weight is 368 g/mol. The highest BCUT2D eigenvalue weighted by Gasteiger charge is 2.17. The summed E-state index contributed by atoms with van der Waals surface area (Å²) >= 11 is 0. The summed E-state index contributed by atoms with van der Waals surface area (Å²) in [6.45, 7) is 2.36. The maximum Gasteiger partial charge on any atom is 0.248 e. The molecule has 0 aromatic heterocycles. The molecule has 2 aromatic rings. The molecule has 140 valence electrons. The van der Waals surface area contributed by atoms with Crippen LogP contribution < -0.4 is 24.8 Å². The minimum atomic E-state index is -0.302. The van der Waals surface area contributed by atoms with Crippen LogP contribution in [-0.2, 0) is 9.59 Å². The van der Waals surface area contributed by atoms with Crippen LogP contribution in [0.4, 0.5) is 11.4 Å². The fourth-order valence-corrected chi connectivity index (χ4v) is 2.62. The van der Waals surface area contributed by atoms with E-state index in [0.29, 0.717) is 41.8 Å². The summed E-state index contributed by atoms with van der Waals surface area (Å²) in [6.07, 6.45) is 3.07. The Kier molecular flexibility index (Phi) is 5.61. The topological polar surface area (TPSA) is 85.9 Å². The Hall–Kier alpha value is -3.48. The quantitative estimate of drug-likeness (QED) is 0.792. The molecule has 0 spiro atoms. The van der Waals surface area contributed by atoms with Gasteiger partial charge in [-0.05, 0) is 42.0 Å². The third-order valence-electron chi connectivity index (χ3n) is 3.73. The summed E-state index contributed by atoms with van der Waals surface area (Å²) < 4.78 is 16.5. The van der Waals surface area contributed by atoms with Gasteiger partial charge in [0.1, 0.15) is 13.2 Å². The monoisotopic (exact) mass is 368 g/mol. The van der Waals surface area contributed by atoms with E-state index in [1.54, 1.807) is 49.6 Å². The van der Waals surface area contributed by atoms with Crippen molar-refractivity contribution < 1.29 is 23.8 Å². The van der Waals surface area contributed by atoms with Crippen molar-refractivity contribution >= 4 is 29.3 Å². The smallest absolute Gasteiger partial charge is 0.248 e. The maximum absolute atomic E-state index is 12.2. The van der Waals surface area contributed by atoms with Crippen molar-refractivity contribution in [1.29, 1.82) is 0 Å². The zero-order chi connectivity index (χ0) is 19.2. The van der Waals surface area contributed by atoms with Gasteiger partial charge in [-0.3, -0.25) is 9.59 Å². The van der Waals surface area contributed by atoms with E-state index in [-0.39, 0.29) is 11.8 Å². The Balaban J connectivity index is 1.71. The molecule has 1 aliphatic heterocycles. The standard InChI is InChI=1S/C20H20N2O5/c1-13(23)21-15-4-3-5-16(12-15)22-19(24)7-6-14-10-17(25-2)20-18(11-14)26-8-9-27-20/h3-7,10-12H,8-9H2,1-2H3,(H,21,23)(H,22,24)/b7-6+. The molecule has 0 aliphatic carbocycles. The molecule has 2 amide bonds. The summed E-state index contributed by atoms with van der Waals surface area (Å²) in [6, 6.07) is 10.5. The molecule has 3 rings (SSSR count). The number of carbonyl (C=O) groups excluding carboxylic acids is 2. The van der Waals surface area contributed by atoms with Crippen molar-refractivity contribution in [3.05, 3.63) is 48.0 Å². The molecule has 0 atom stereocenters. The number of ether oxygens (including phenoxy) is 3. The molecule has 0 saturated carbocycles. The van der Waals surface area contributed by atoms with Crippen LogP contribution in [0, 0.1) is 0 Å². The van der Waals surface area contributed by atoms with Crippen molar-refractivity contribution in [1.82, 2.24) is 0 Å². The molecular formula is C20H20N2O5. The van der Waals surface area contributed by atoms with Crippen LogP contribution in [0.3, 0.4) is 0 Å². The highest BCUT2D eigenvalue weighted by atomic mass is 16.6. The van der Waals surface area contributed by atoms with Gasteiger partial charge in [0.15, 0.2) is 11.5 Å². The first-order valence-electron chi connectivity index (χ1n) is 8.39. The molecule has 0 fully saturated rings. The fraction of sp³-hybridized carbons (Fsp3) is 0.200. The van der Waals surface area contributed by atoms with Crippen molar-refractivity contribution in [2.24, 2.45) is 0 Å². The first kappa shape index (κ1) is 18.3. The number of nitrogens with one attached hydrogen (secondary N) is 2. The lowest BCUT2D eigenvalue weighted by molar-refractivity contribution is -0.114. The Morgan fingerprint density at radius 3 is 2.56 bits per heavy atom. The summed E-state index contributed by atoms with van der Waals surface area (Å²) in [5.41, 5.74) is 1.94. The van der Waals surface area contributed by atoms with E-state index in [0.717, 1.165) is 5.56 Å². The summed E-state index contributed by atoms with van der Waals surface area (Å²) in [5.74, 6) is 1.23. The van der Waals surface area contributed by atoms with E-state index in [4.69, 9.17) is 14.2 Å². The summed E-state index contributed by atoms with van der Waals surface area (Å²) in [5, 5.41) is 5.42. The third kappa shape index (κ3) is 4.78. The molecule has 2 aromatic carbocycles. The number of anilines is 2. The lowest BCUT2D eigenvalue weighted by Gasteiger charge is -2.20. The van der Waals surface area contributed by atoms with Gasteiger partial charge in [0.25, 0.3) is 0 Å². The highest BCUT2D eigenvalue weighted by Crippen LogP contribution is 2.40. The second-order valence-electron chi connectivity index (χ2n) is 5.83. The molecule has 0 radical (unpaired) electrons. The van der Waals surface area contributed by atoms with Gasteiger partial charge >= 0.3 is 0 Å². The van der Waals surface area contributed by atoms with Crippen LogP contribution in [0.5, 0.6) is 17.2 Å². The highest BCUT2D eigenvalue weighted by molar-refractivity contribution is 6.02. The Labute approximate surface area is 156 Å². The first-order valence-corrected chi connectivity index (χ1v) is 8.39. The van der Waals surface area contributed by atoms with Crippen LogP contribution in [-0.4, -0.2) is 32.1 Å². The van der Waals surface area contributed by atoms with E-state index in [2.05, 4.69) is 10.6 Å². The average Bonchev–Trinajstić information content (AvgIpc) is 2.65. The zero-order valence-corrected chi connectivity index (χ0v) is 15.1. The number of hydrogen-bond acceptors (Lipinski definition) is 5. The van der Waals surface area contributed by atoms with E-state index in [9.17, 15) is 9.59 Å². The van der Waals surface area contributed by atoms with Crippen molar-refractivity contribution in [3.63, 3.8) is 0 Å². The fourth-order valence-electron chi connectivity index (χ4n) is 2.62. The molecule has 0 bridgehead atoms. The van der Waals surface area contributed by atoms with Gasteiger partial charge in [-0.2, -0.15) is 0 Å². The van der Waals surface area contributed by atoms with E-state index in [1.807, 2.05) is 0 Å². The van der Waals surface area contributed by atoms with Crippen molar-refractivity contribution in [3.8, 4) is 17.2 Å². The van der Waals surface area contributed by atoms with E-state index < -0.39 is 0 Å². The number of carbonyl (C=O) groups is 2. The Morgan fingerprint density at radius 1 is 1.07 bits per heavy atom. The van der Waals surface area contributed by atoms with Gasteiger partial charge in [0, 0.05) is 24.4 Å². The number of methoxy groups -OCH3 is 1. The summed E-state index contributed by atoms with van der Waals surface area (Å²) in [4.78, 5) is 23.3. The second-order valence-corrected chi connectivity index (χ2v) is 5.83. The van der Waals surface area contributed by atoms with Crippen LogP contribution in [0.1, 0.15) is 12.5 Å². The predicted molar refractivity (Wildman–Crippen MR) is 102 cm³/mol. The SMILES string of the molecule is COc1cc(/C=C/C(=O)Nc2cccc(NC(C)=O)c2)cc2c1OCCO2. The molecule has 7 heteroatoms. The molecule has 7 nitrogen and oxygen atoms in total. The largest absolute Gasteiger partial charge is 0.493 e. The number of rotatable bonds is 5. The normalized spacial score (nSPS) is 12.5. The lowest BCUT2D eigenvalue weighted by atomic mass is 10.1. The van der Waals surface area contributed by atoms with Crippen LogP contribution in [0.2, 0.25) is 0 Å². The van der Waals surface area contributed by atoms with Crippen molar-refractivity contribution in [2.75, 3.05) is 31.0 Å². The zero-order valence-electron chi connectivity index (χ0n) is 15.1. The van der Waals surface area contributed by atoms with Gasteiger partial charge in [-0.15, -0.1) is 0 Å². The van der Waals surface area contributed by atoms with Gasteiger partial charge in [-0.25, -0.2) is 0 Å². The molecule has 1 aliphatic rings. The minimum Gasteiger partial charge on any atom is -0.493 e. The number of fused-ring (bicyclic) bond motifs is 1. The van der Waals surface area contributed by atoms with Gasteiger partial charge < -0.3 is 24.8 Å². The summed E-state index contributed by atoms with van der Waals surface area (Å²) in [7, 11) is 1.55. The second kappa shape index (κ2) is 8.27. The molecular weight excluding hydrogens is 348 g/mol. The molecule has 27 heavy (non-hydrogen) atoms. The van der Waals surface area contributed by atoms with E-state index >= 15 is 0 Å². The van der Waals surface area contributed by atoms with Gasteiger partial charge in [0.2, 0.25) is 17.6 Å². The van der Waals surface area contributed by atoms with E-state index in [1.165, 1.54) is 13.0 Å². The maximum atomic E-state index is 12.2. The van der Waals surface area contributed by atoms with Crippen LogP contribution in [0.15, 0.2) is 42.5 Å². The van der Waals surface area contributed by atoms with Crippen LogP contribution in [0.25, 0.3) is 6.08 Å².